The number of nitrogens with zero attached hydrogens (tertiary/aromatic N) is 2. The van der Waals surface area contributed by atoms with Crippen LogP contribution < -0.4 is 10.6 Å². The molecule has 2 aromatic carbocycles. The van der Waals surface area contributed by atoms with Gasteiger partial charge < -0.3 is 31.1 Å². The second kappa shape index (κ2) is 10.1. The van der Waals surface area contributed by atoms with Crippen LogP contribution in [0.1, 0.15) is 25.0 Å². The van der Waals surface area contributed by atoms with Gasteiger partial charge in [0.15, 0.2) is 21.3 Å². The monoisotopic (exact) mass is 790 g/mol. The maximum atomic E-state index is 15.0. The van der Waals surface area contributed by atoms with Crippen LogP contribution in [-0.4, -0.2) is 111 Å². The zero-order chi connectivity index (χ0) is 35.0. The van der Waals surface area contributed by atoms with E-state index in [1.807, 2.05) is 24.3 Å². The molecule has 2 unspecified atom stereocenters. The molecule has 0 saturated carbocycles. The van der Waals surface area contributed by atoms with E-state index in [4.69, 9.17) is 0 Å². The van der Waals surface area contributed by atoms with Crippen molar-refractivity contribution in [2.75, 3.05) is 23.8 Å². The third-order valence-corrected chi connectivity index (χ3v) is 23.4. The van der Waals surface area contributed by atoms with Gasteiger partial charge in [-0.15, -0.1) is 0 Å². The number of hydrogen-bond acceptors (Lipinski definition) is 16. The van der Waals surface area contributed by atoms with Crippen LogP contribution in [0.3, 0.4) is 0 Å². The molecule has 262 valence electrons. The molecule has 50 heavy (non-hydrogen) atoms. The number of carbonyl (C=O) groups excluding carboxylic acids is 4. The number of nitrogens with one attached hydrogen (secondary N) is 2. The van der Waals surface area contributed by atoms with Crippen LogP contribution >= 0.6 is 62.8 Å². The number of aliphatic hydroxyl groups is 4. The molecule has 2 amide bonds. The van der Waals surface area contributed by atoms with Gasteiger partial charge in [-0.2, -0.15) is 0 Å². The number of carbonyl (C=O) groups is 4. The van der Waals surface area contributed by atoms with Crippen molar-refractivity contribution < 1.29 is 39.6 Å². The molecular weight excluding hydrogens is 761 g/mol. The standard InChI is InChI=1S/C32H30N4O8S6/c1-13-19(39)31-21(41)29(15-7-3-5-9-17(15)33-23(29)35(31)25(43)27(13,11-37)45-49-47-31)30-16-8-4-6-10-18(16)34-24(30)36-26(44)28(12-38)14(2)20(40)32(36,22(30)42)48-50-46-28/h3-10,13-14,21-24,33-34,37-38,41-42H,11-12H2,1-2H3/t13?,14?,21-,22-,23+,24+,27+,28+,29+,30+,31+,32+/m0/s1. The second-order valence-corrected chi connectivity index (χ2v) is 23.1. The van der Waals surface area contributed by atoms with Crippen LogP contribution in [0.5, 0.6) is 0 Å². The Balaban J connectivity index is 1.34. The number of piperidine rings is 2. The number of fused-ring (bicyclic) bond motifs is 13. The number of anilines is 2. The molecule has 2 spiro atoms. The number of Topliss-reactive ketones (excluding diaryl/α,β-unsaturated/α-hetero) is 2. The van der Waals surface area contributed by atoms with Crippen LogP contribution in [0.2, 0.25) is 0 Å². The van der Waals surface area contributed by atoms with Crippen molar-refractivity contribution >= 4 is 97.6 Å². The number of benzene rings is 2. The highest BCUT2D eigenvalue weighted by atomic mass is 33.5. The zero-order valence-corrected chi connectivity index (χ0v) is 31.2. The maximum absolute atomic E-state index is 15.0. The van der Waals surface area contributed by atoms with Gasteiger partial charge in [0.25, 0.3) is 0 Å². The molecule has 6 N–H and O–H groups in total. The Kier molecular flexibility index (Phi) is 6.62. The van der Waals surface area contributed by atoms with Crippen molar-refractivity contribution in [3.05, 3.63) is 59.7 Å². The summed E-state index contributed by atoms with van der Waals surface area (Å²) < 4.78 is -3.08. The van der Waals surface area contributed by atoms with E-state index < -0.39 is 103 Å². The number of aliphatic hydroxyl groups excluding tert-OH is 4. The van der Waals surface area contributed by atoms with E-state index in [0.717, 1.165) is 43.2 Å². The first-order valence-corrected chi connectivity index (χ1v) is 23.1. The number of amides is 2. The van der Waals surface area contributed by atoms with Crippen LogP contribution in [-0.2, 0) is 30.0 Å². The lowest BCUT2D eigenvalue weighted by Crippen LogP contribution is -2.71. The van der Waals surface area contributed by atoms with Gasteiger partial charge in [-0.3, -0.25) is 29.0 Å². The fourth-order valence-electron chi connectivity index (χ4n) is 10.6. The summed E-state index contributed by atoms with van der Waals surface area (Å²) in [6.07, 6.45) is -5.71. The molecule has 8 saturated heterocycles. The summed E-state index contributed by atoms with van der Waals surface area (Å²) in [5.41, 5.74) is -1.34. The largest absolute Gasteiger partial charge is 0.394 e. The van der Waals surface area contributed by atoms with E-state index >= 15 is 9.59 Å². The van der Waals surface area contributed by atoms with E-state index in [1.165, 1.54) is 29.5 Å². The first kappa shape index (κ1) is 32.9. The summed E-state index contributed by atoms with van der Waals surface area (Å²) in [7, 11) is 6.73. The summed E-state index contributed by atoms with van der Waals surface area (Å²) in [4.78, 5) is 59.0. The lowest BCUT2D eigenvalue weighted by atomic mass is 9.51. The summed E-state index contributed by atoms with van der Waals surface area (Å²) in [5.74, 6) is -3.83. The average Bonchev–Trinajstić information content (AvgIpc) is 3.65. The summed E-state index contributed by atoms with van der Waals surface area (Å²) in [6, 6.07) is 14.4. The van der Waals surface area contributed by atoms with Crippen molar-refractivity contribution in [2.45, 2.75) is 68.5 Å². The molecule has 4 bridgehead atoms. The lowest BCUT2D eigenvalue weighted by molar-refractivity contribution is -0.157. The molecular formula is C32H30N4O8S6. The highest BCUT2D eigenvalue weighted by Gasteiger charge is 2.92. The molecule has 8 fully saturated rings. The quantitative estimate of drug-likeness (QED) is 0.249. The molecule has 12 nitrogen and oxygen atoms in total. The molecule has 12 atom stereocenters. The lowest BCUT2D eigenvalue weighted by Gasteiger charge is -2.51. The Morgan fingerprint density at radius 1 is 0.640 bits per heavy atom. The van der Waals surface area contributed by atoms with Gasteiger partial charge in [-0.05, 0) is 64.5 Å². The summed E-state index contributed by atoms with van der Waals surface area (Å²) >= 11 is 0. The van der Waals surface area contributed by atoms with Crippen molar-refractivity contribution in [3.63, 3.8) is 0 Å². The molecule has 0 aliphatic carbocycles. The molecule has 10 heterocycles. The Hall–Kier alpha value is -1.74. The van der Waals surface area contributed by atoms with Crippen molar-refractivity contribution in [1.29, 1.82) is 0 Å². The first-order chi connectivity index (χ1) is 24.0. The van der Waals surface area contributed by atoms with E-state index in [2.05, 4.69) is 10.6 Å². The maximum Gasteiger partial charge on any atom is 0.246 e. The minimum atomic E-state index is -1.87. The number of para-hydroxylation sites is 2. The third-order valence-electron chi connectivity index (χ3n) is 12.9. The Labute approximate surface area is 309 Å². The third kappa shape index (κ3) is 2.95. The Morgan fingerprint density at radius 3 is 1.40 bits per heavy atom. The summed E-state index contributed by atoms with van der Waals surface area (Å²) in [6.45, 7) is 2.00. The molecule has 18 heteroatoms. The number of ketones is 2. The van der Waals surface area contributed by atoms with Crippen LogP contribution in [0, 0.1) is 11.8 Å². The molecule has 10 aliphatic rings. The topological polar surface area (TPSA) is 180 Å². The highest BCUT2D eigenvalue weighted by Crippen LogP contribution is 2.79. The fourth-order valence-corrected chi connectivity index (χ4v) is 23.0. The van der Waals surface area contributed by atoms with Crippen LogP contribution in [0.15, 0.2) is 48.5 Å². The highest BCUT2D eigenvalue weighted by molar-refractivity contribution is 9.10. The molecule has 0 radical (unpaired) electrons. The molecule has 0 aromatic heterocycles. The second-order valence-electron chi connectivity index (χ2n) is 14.2. The van der Waals surface area contributed by atoms with Crippen molar-refractivity contribution in [3.8, 4) is 0 Å². The predicted molar refractivity (Wildman–Crippen MR) is 196 cm³/mol. The normalized spacial score (nSPS) is 47.6. The van der Waals surface area contributed by atoms with E-state index in [1.54, 1.807) is 38.1 Å². The number of rotatable bonds is 3. The van der Waals surface area contributed by atoms with Crippen molar-refractivity contribution in [1.82, 2.24) is 9.80 Å². The van der Waals surface area contributed by atoms with Crippen molar-refractivity contribution in [2.24, 2.45) is 11.8 Å². The van der Waals surface area contributed by atoms with E-state index in [-0.39, 0.29) is 0 Å². The van der Waals surface area contributed by atoms with Gasteiger partial charge in [0.2, 0.25) is 11.8 Å². The van der Waals surface area contributed by atoms with Gasteiger partial charge in [-0.1, -0.05) is 71.8 Å². The molecule has 2 aromatic rings. The minimum absolute atomic E-state index is 0.427. The fraction of sp³-hybridized carbons (Fsp3) is 0.500. The number of hydrogen-bond donors (Lipinski definition) is 6. The first-order valence-electron chi connectivity index (χ1n) is 16.1. The average molecular weight is 791 g/mol. The van der Waals surface area contributed by atoms with Crippen LogP contribution in [0.25, 0.3) is 0 Å². The van der Waals surface area contributed by atoms with Gasteiger partial charge >= 0.3 is 0 Å². The van der Waals surface area contributed by atoms with Gasteiger partial charge in [0, 0.05) is 23.2 Å². The van der Waals surface area contributed by atoms with E-state index in [0.29, 0.717) is 22.5 Å². The van der Waals surface area contributed by atoms with Gasteiger partial charge in [-0.25, -0.2) is 0 Å². The predicted octanol–water partition coefficient (Wildman–Crippen LogP) is 2.15. The van der Waals surface area contributed by atoms with Crippen LogP contribution in [0.4, 0.5) is 11.4 Å². The minimum Gasteiger partial charge on any atom is -0.394 e. The van der Waals surface area contributed by atoms with Gasteiger partial charge in [0.1, 0.15) is 34.0 Å². The summed E-state index contributed by atoms with van der Waals surface area (Å²) in [5, 5.41) is 55.6. The molecule has 12 rings (SSSR count). The Bertz CT molecular complexity index is 1840. The zero-order valence-electron chi connectivity index (χ0n) is 26.3. The SMILES string of the molecule is CC1C(=O)[C@]23SSS[C@@]1(CO)C(=O)N2[C@H]1Nc2ccccc2[C@@]1([C@@]12c4ccccc4N[C@@H]1N1C(=O)[C@]4(CO)SSS[C@]1(C(=O)C4C)[C@H]2O)[C@@H]3O. The Morgan fingerprint density at radius 2 is 1.02 bits per heavy atom. The smallest absolute Gasteiger partial charge is 0.246 e. The molecule has 10 aliphatic heterocycles. The van der Waals surface area contributed by atoms with Gasteiger partial charge in [0.05, 0.1) is 24.0 Å². The van der Waals surface area contributed by atoms with E-state index in [9.17, 15) is 30.0 Å².